The Labute approximate surface area is 94.6 Å². The van der Waals surface area contributed by atoms with E-state index in [-0.39, 0.29) is 5.82 Å². The Balaban J connectivity index is 2.66. The van der Waals surface area contributed by atoms with Gasteiger partial charge in [0, 0.05) is 35.8 Å². The van der Waals surface area contributed by atoms with Crippen molar-refractivity contribution in [2.45, 2.75) is 26.5 Å². The van der Waals surface area contributed by atoms with E-state index in [2.05, 4.69) is 18.4 Å². The van der Waals surface area contributed by atoms with Crippen LogP contribution in [0.1, 0.15) is 25.5 Å². The molecule has 0 radical (unpaired) electrons. The summed E-state index contributed by atoms with van der Waals surface area (Å²) >= 11 is 0. The molecule has 0 saturated heterocycles. The SMILES string of the molecule is COCc1cn(C(C)C)c2ccc(F)cc12. The summed E-state index contributed by atoms with van der Waals surface area (Å²) in [7, 11) is 1.65. The smallest absolute Gasteiger partial charge is 0.123 e. The van der Waals surface area contributed by atoms with Crippen molar-refractivity contribution in [3.05, 3.63) is 35.8 Å². The van der Waals surface area contributed by atoms with E-state index < -0.39 is 0 Å². The average Bonchev–Trinajstić information content (AvgIpc) is 2.58. The molecule has 0 fully saturated rings. The Kier molecular flexibility index (Phi) is 2.97. The second-order valence-electron chi connectivity index (χ2n) is 4.25. The van der Waals surface area contributed by atoms with Gasteiger partial charge < -0.3 is 9.30 Å². The lowest BCUT2D eigenvalue weighted by molar-refractivity contribution is 0.185. The summed E-state index contributed by atoms with van der Waals surface area (Å²) in [4.78, 5) is 0. The van der Waals surface area contributed by atoms with Crippen LogP contribution in [0, 0.1) is 5.82 Å². The standard InChI is InChI=1S/C13H16FNO/c1-9(2)15-7-10(8-16-3)12-6-11(14)4-5-13(12)15/h4-7,9H,8H2,1-3H3. The highest BCUT2D eigenvalue weighted by Gasteiger charge is 2.10. The summed E-state index contributed by atoms with van der Waals surface area (Å²) in [5.74, 6) is -0.202. The van der Waals surface area contributed by atoms with Crippen molar-refractivity contribution in [2.75, 3.05) is 7.11 Å². The van der Waals surface area contributed by atoms with Gasteiger partial charge in [-0.15, -0.1) is 0 Å². The van der Waals surface area contributed by atoms with E-state index in [9.17, 15) is 4.39 Å². The molecule has 0 aliphatic carbocycles. The van der Waals surface area contributed by atoms with E-state index in [1.54, 1.807) is 13.2 Å². The number of fused-ring (bicyclic) bond motifs is 1. The topological polar surface area (TPSA) is 14.2 Å². The van der Waals surface area contributed by atoms with Gasteiger partial charge >= 0.3 is 0 Å². The van der Waals surface area contributed by atoms with Crippen LogP contribution in [-0.4, -0.2) is 11.7 Å². The lowest BCUT2D eigenvalue weighted by Crippen LogP contribution is -1.97. The first kappa shape index (κ1) is 11.1. The molecule has 2 aromatic rings. The van der Waals surface area contributed by atoms with E-state index in [0.29, 0.717) is 12.6 Å². The maximum atomic E-state index is 13.2. The number of hydrogen-bond acceptors (Lipinski definition) is 1. The summed E-state index contributed by atoms with van der Waals surface area (Å²) in [6, 6.07) is 5.25. The van der Waals surface area contributed by atoms with Crippen LogP contribution in [0.15, 0.2) is 24.4 Å². The van der Waals surface area contributed by atoms with E-state index in [1.807, 2.05) is 12.3 Å². The number of halogens is 1. The number of methoxy groups -OCH3 is 1. The summed E-state index contributed by atoms with van der Waals surface area (Å²) in [5.41, 5.74) is 2.09. The molecule has 1 heterocycles. The Morgan fingerprint density at radius 2 is 2.12 bits per heavy atom. The molecule has 0 aliphatic rings. The predicted octanol–water partition coefficient (Wildman–Crippen LogP) is 3.51. The molecule has 0 aliphatic heterocycles. The van der Waals surface area contributed by atoms with Gasteiger partial charge in [-0.1, -0.05) is 0 Å². The Bertz CT molecular complexity index is 502. The Morgan fingerprint density at radius 3 is 2.75 bits per heavy atom. The van der Waals surface area contributed by atoms with Crippen LogP contribution in [-0.2, 0) is 11.3 Å². The van der Waals surface area contributed by atoms with Gasteiger partial charge in [-0.05, 0) is 32.0 Å². The normalized spacial score (nSPS) is 11.6. The van der Waals surface area contributed by atoms with Crippen LogP contribution in [0.4, 0.5) is 4.39 Å². The number of rotatable bonds is 3. The molecule has 2 nitrogen and oxygen atoms in total. The third-order valence-electron chi connectivity index (χ3n) is 2.73. The number of aromatic nitrogens is 1. The van der Waals surface area contributed by atoms with E-state index in [0.717, 1.165) is 16.5 Å². The zero-order valence-corrected chi connectivity index (χ0v) is 9.83. The number of ether oxygens (including phenoxy) is 1. The maximum absolute atomic E-state index is 13.2. The second-order valence-corrected chi connectivity index (χ2v) is 4.25. The minimum atomic E-state index is -0.202. The van der Waals surface area contributed by atoms with Gasteiger partial charge in [0.05, 0.1) is 6.61 Å². The van der Waals surface area contributed by atoms with Gasteiger partial charge in [-0.25, -0.2) is 4.39 Å². The predicted molar refractivity (Wildman–Crippen MR) is 63.0 cm³/mol. The Hall–Kier alpha value is -1.35. The van der Waals surface area contributed by atoms with Gasteiger partial charge in [-0.2, -0.15) is 0 Å². The lowest BCUT2D eigenvalue weighted by Gasteiger charge is -2.08. The Morgan fingerprint density at radius 1 is 1.38 bits per heavy atom. The second kappa shape index (κ2) is 4.26. The molecule has 0 atom stereocenters. The van der Waals surface area contributed by atoms with E-state index in [4.69, 9.17) is 4.74 Å². The summed E-state index contributed by atoms with van der Waals surface area (Å²) in [6.07, 6.45) is 2.04. The molecule has 0 amide bonds. The molecular weight excluding hydrogens is 205 g/mol. The summed E-state index contributed by atoms with van der Waals surface area (Å²) < 4.78 is 20.5. The van der Waals surface area contributed by atoms with Crippen LogP contribution in [0.25, 0.3) is 10.9 Å². The zero-order chi connectivity index (χ0) is 11.7. The lowest BCUT2D eigenvalue weighted by atomic mass is 10.2. The molecular formula is C13H16FNO. The van der Waals surface area contributed by atoms with Gasteiger partial charge in [0.2, 0.25) is 0 Å². The third-order valence-corrected chi connectivity index (χ3v) is 2.73. The number of nitrogens with zero attached hydrogens (tertiary/aromatic N) is 1. The van der Waals surface area contributed by atoms with Crippen LogP contribution in [0.2, 0.25) is 0 Å². The molecule has 2 rings (SSSR count). The van der Waals surface area contributed by atoms with Gasteiger partial charge in [0.15, 0.2) is 0 Å². The van der Waals surface area contributed by atoms with Crippen molar-refractivity contribution in [1.29, 1.82) is 0 Å². The van der Waals surface area contributed by atoms with Crippen LogP contribution in [0.3, 0.4) is 0 Å². The average molecular weight is 221 g/mol. The van der Waals surface area contributed by atoms with Gasteiger partial charge in [0.25, 0.3) is 0 Å². The van der Waals surface area contributed by atoms with Crippen LogP contribution in [0.5, 0.6) is 0 Å². The fourth-order valence-corrected chi connectivity index (χ4v) is 2.00. The minimum Gasteiger partial charge on any atom is -0.380 e. The first-order valence-electron chi connectivity index (χ1n) is 5.41. The molecule has 0 N–H and O–H groups in total. The molecule has 86 valence electrons. The molecule has 1 aromatic carbocycles. The molecule has 16 heavy (non-hydrogen) atoms. The number of hydrogen-bond donors (Lipinski definition) is 0. The molecule has 0 saturated carbocycles. The highest BCUT2D eigenvalue weighted by Crippen LogP contribution is 2.25. The minimum absolute atomic E-state index is 0.202. The van der Waals surface area contributed by atoms with Crippen molar-refractivity contribution in [1.82, 2.24) is 4.57 Å². The maximum Gasteiger partial charge on any atom is 0.123 e. The number of benzene rings is 1. The summed E-state index contributed by atoms with van der Waals surface area (Å²) in [5, 5.41) is 0.940. The molecule has 0 bridgehead atoms. The van der Waals surface area contributed by atoms with Crippen LogP contribution < -0.4 is 0 Å². The fourth-order valence-electron chi connectivity index (χ4n) is 2.00. The summed E-state index contributed by atoms with van der Waals surface area (Å²) in [6.45, 7) is 4.73. The highest BCUT2D eigenvalue weighted by atomic mass is 19.1. The van der Waals surface area contributed by atoms with E-state index >= 15 is 0 Å². The van der Waals surface area contributed by atoms with Gasteiger partial charge in [-0.3, -0.25) is 0 Å². The third kappa shape index (κ3) is 1.83. The van der Waals surface area contributed by atoms with Crippen molar-refractivity contribution < 1.29 is 9.13 Å². The molecule has 0 unspecified atom stereocenters. The fraction of sp³-hybridized carbons (Fsp3) is 0.385. The van der Waals surface area contributed by atoms with Gasteiger partial charge in [0.1, 0.15) is 5.82 Å². The van der Waals surface area contributed by atoms with Crippen molar-refractivity contribution in [3.63, 3.8) is 0 Å². The zero-order valence-electron chi connectivity index (χ0n) is 9.83. The van der Waals surface area contributed by atoms with Crippen molar-refractivity contribution >= 4 is 10.9 Å². The van der Waals surface area contributed by atoms with Crippen LogP contribution >= 0.6 is 0 Å². The first-order chi connectivity index (χ1) is 7.63. The molecule has 1 aromatic heterocycles. The highest BCUT2D eigenvalue weighted by molar-refractivity contribution is 5.84. The van der Waals surface area contributed by atoms with E-state index in [1.165, 1.54) is 6.07 Å². The largest absolute Gasteiger partial charge is 0.380 e. The van der Waals surface area contributed by atoms with Crippen molar-refractivity contribution in [2.24, 2.45) is 0 Å². The quantitative estimate of drug-likeness (QED) is 0.773. The molecule has 0 spiro atoms. The molecule has 3 heteroatoms. The first-order valence-corrected chi connectivity index (χ1v) is 5.41. The monoisotopic (exact) mass is 221 g/mol. The van der Waals surface area contributed by atoms with Crippen molar-refractivity contribution in [3.8, 4) is 0 Å².